The van der Waals surface area contributed by atoms with Crippen LogP contribution in [0.1, 0.15) is 16.8 Å². The molecule has 0 saturated heterocycles. The molecule has 1 aromatic heterocycles. The average molecular weight is 308 g/mol. The van der Waals surface area contributed by atoms with E-state index in [9.17, 15) is 0 Å². The largest absolute Gasteiger partial charge is 0.497 e. The standard InChI is InChI=1S/C19H20N2O2/c1-14-5-3-4-6-16(14)11-20-12-17-13-23-19(21-17)15-7-9-18(22-2)10-8-15/h3-10,13,20H,11-12H2,1-2H3. The van der Waals surface area contributed by atoms with Crippen molar-refractivity contribution in [1.82, 2.24) is 10.3 Å². The van der Waals surface area contributed by atoms with Gasteiger partial charge in [0.2, 0.25) is 5.89 Å². The van der Waals surface area contributed by atoms with Gasteiger partial charge in [0.05, 0.1) is 12.8 Å². The average Bonchev–Trinajstić information content (AvgIpc) is 3.06. The second kappa shape index (κ2) is 7.11. The van der Waals surface area contributed by atoms with Gasteiger partial charge in [-0.2, -0.15) is 0 Å². The van der Waals surface area contributed by atoms with E-state index in [-0.39, 0.29) is 0 Å². The molecular formula is C19H20N2O2. The molecule has 0 fully saturated rings. The zero-order valence-corrected chi connectivity index (χ0v) is 13.4. The molecule has 118 valence electrons. The molecule has 1 N–H and O–H groups in total. The monoisotopic (exact) mass is 308 g/mol. The van der Waals surface area contributed by atoms with Gasteiger partial charge in [0, 0.05) is 18.7 Å². The first kappa shape index (κ1) is 15.3. The van der Waals surface area contributed by atoms with Gasteiger partial charge in [0.25, 0.3) is 0 Å². The molecule has 0 atom stereocenters. The molecule has 2 aromatic carbocycles. The molecule has 0 radical (unpaired) electrons. The highest BCUT2D eigenvalue weighted by Crippen LogP contribution is 2.21. The smallest absolute Gasteiger partial charge is 0.226 e. The molecule has 0 unspecified atom stereocenters. The van der Waals surface area contributed by atoms with E-state index < -0.39 is 0 Å². The van der Waals surface area contributed by atoms with Crippen molar-refractivity contribution in [3.63, 3.8) is 0 Å². The van der Waals surface area contributed by atoms with Gasteiger partial charge in [-0.3, -0.25) is 0 Å². The van der Waals surface area contributed by atoms with Crippen molar-refractivity contribution in [3.8, 4) is 17.2 Å². The van der Waals surface area contributed by atoms with Gasteiger partial charge in [0.1, 0.15) is 12.0 Å². The van der Waals surface area contributed by atoms with E-state index >= 15 is 0 Å². The Bertz CT molecular complexity index is 763. The lowest BCUT2D eigenvalue weighted by atomic mass is 10.1. The Hall–Kier alpha value is -2.59. The zero-order chi connectivity index (χ0) is 16.1. The maximum Gasteiger partial charge on any atom is 0.226 e. The molecule has 3 aromatic rings. The normalized spacial score (nSPS) is 10.7. The molecule has 0 aliphatic carbocycles. The Morgan fingerprint density at radius 2 is 1.83 bits per heavy atom. The van der Waals surface area contributed by atoms with Crippen molar-refractivity contribution < 1.29 is 9.15 Å². The number of aromatic nitrogens is 1. The first-order valence-electron chi connectivity index (χ1n) is 7.60. The first-order chi connectivity index (χ1) is 11.3. The van der Waals surface area contributed by atoms with Crippen molar-refractivity contribution >= 4 is 0 Å². The summed E-state index contributed by atoms with van der Waals surface area (Å²) in [6.07, 6.45) is 1.70. The first-order valence-corrected chi connectivity index (χ1v) is 7.60. The lowest BCUT2D eigenvalue weighted by molar-refractivity contribution is 0.415. The summed E-state index contributed by atoms with van der Waals surface area (Å²) in [7, 11) is 1.65. The number of benzene rings is 2. The molecule has 0 amide bonds. The topological polar surface area (TPSA) is 47.3 Å². The van der Waals surface area contributed by atoms with Crippen LogP contribution in [0.15, 0.2) is 59.2 Å². The third kappa shape index (κ3) is 3.79. The summed E-state index contributed by atoms with van der Waals surface area (Å²) in [5.74, 6) is 1.45. The number of ether oxygens (including phenoxy) is 1. The van der Waals surface area contributed by atoms with Gasteiger partial charge in [0.15, 0.2) is 0 Å². The van der Waals surface area contributed by atoms with Crippen molar-refractivity contribution in [2.24, 2.45) is 0 Å². The summed E-state index contributed by atoms with van der Waals surface area (Å²) in [6.45, 7) is 3.61. The van der Waals surface area contributed by atoms with E-state index in [0.29, 0.717) is 12.4 Å². The second-order valence-electron chi connectivity index (χ2n) is 5.40. The predicted molar refractivity (Wildman–Crippen MR) is 90.2 cm³/mol. The van der Waals surface area contributed by atoms with E-state index in [1.54, 1.807) is 13.4 Å². The summed E-state index contributed by atoms with van der Waals surface area (Å²) in [5, 5.41) is 3.40. The number of methoxy groups -OCH3 is 1. The minimum absolute atomic E-state index is 0.625. The molecule has 0 spiro atoms. The SMILES string of the molecule is COc1ccc(-c2nc(CNCc3ccccc3C)co2)cc1. The summed E-state index contributed by atoms with van der Waals surface area (Å²) >= 11 is 0. The molecule has 4 heteroatoms. The third-order valence-electron chi connectivity index (χ3n) is 3.77. The Morgan fingerprint density at radius 3 is 2.57 bits per heavy atom. The Balaban J connectivity index is 1.60. The molecule has 0 saturated carbocycles. The maximum absolute atomic E-state index is 5.56. The second-order valence-corrected chi connectivity index (χ2v) is 5.40. The van der Waals surface area contributed by atoms with Crippen LogP contribution in [0, 0.1) is 6.92 Å². The number of nitrogens with one attached hydrogen (secondary N) is 1. The van der Waals surface area contributed by atoms with Crippen molar-refractivity contribution in [2.75, 3.05) is 7.11 Å². The Kier molecular flexibility index (Phi) is 4.74. The minimum atomic E-state index is 0.625. The minimum Gasteiger partial charge on any atom is -0.497 e. The molecular weight excluding hydrogens is 288 g/mol. The van der Waals surface area contributed by atoms with Gasteiger partial charge in [-0.05, 0) is 42.3 Å². The molecule has 3 rings (SSSR count). The van der Waals surface area contributed by atoms with Gasteiger partial charge < -0.3 is 14.5 Å². The highest BCUT2D eigenvalue weighted by Gasteiger charge is 2.07. The number of hydrogen-bond acceptors (Lipinski definition) is 4. The fourth-order valence-electron chi connectivity index (χ4n) is 2.39. The quantitative estimate of drug-likeness (QED) is 0.749. The van der Waals surface area contributed by atoms with E-state index in [2.05, 4.69) is 41.5 Å². The van der Waals surface area contributed by atoms with E-state index in [0.717, 1.165) is 23.6 Å². The van der Waals surface area contributed by atoms with Gasteiger partial charge >= 0.3 is 0 Å². The fourth-order valence-corrected chi connectivity index (χ4v) is 2.39. The van der Waals surface area contributed by atoms with E-state index in [4.69, 9.17) is 9.15 Å². The Labute approximate surface area is 136 Å². The van der Waals surface area contributed by atoms with Crippen LogP contribution < -0.4 is 10.1 Å². The molecule has 4 nitrogen and oxygen atoms in total. The zero-order valence-electron chi connectivity index (χ0n) is 13.4. The number of nitrogens with zero attached hydrogens (tertiary/aromatic N) is 1. The molecule has 0 aliphatic heterocycles. The predicted octanol–water partition coefficient (Wildman–Crippen LogP) is 3.95. The van der Waals surface area contributed by atoms with Crippen LogP contribution in [-0.2, 0) is 13.1 Å². The third-order valence-corrected chi connectivity index (χ3v) is 3.77. The van der Waals surface area contributed by atoms with Gasteiger partial charge in [-0.15, -0.1) is 0 Å². The van der Waals surface area contributed by atoms with Crippen LogP contribution in [0.2, 0.25) is 0 Å². The van der Waals surface area contributed by atoms with Crippen LogP contribution in [0.25, 0.3) is 11.5 Å². The van der Waals surface area contributed by atoms with Gasteiger partial charge in [-0.1, -0.05) is 24.3 Å². The number of oxazole rings is 1. The fraction of sp³-hybridized carbons (Fsp3) is 0.211. The molecule has 23 heavy (non-hydrogen) atoms. The lowest BCUT2D eigenvalue weighted by Crippen LogP contribution is -2.13. The van der Waals surface area contributed by atoms with Crippen molar-refractivity contribution in [2.45, 2.75) is 20.0 Å². The number of hydrogen-bond donors (Lipinski definition) is 1. The van der Waals surface area contributed by atoms with Crippen LogP contribution >= 0.6 is 0 Å². The van der Waals surface area contributed by atoms with Crippen LogP contribution in [-0.4, -0.2) is 12.1 Å². The van der Waals surface area contributed by atoms with Crippen LogP contribution in [0.5, 0.6) is 5.75 Å². The van der Waals surface area contributed by atoms with Crippen LogP contribution in [0.3, 0.4) is 0 Å². The summed E-state index contributed by atoms with van der Waals surface area (Å²) in [5.41, 5.74) is 4.42. The number of rotatable bonds is 6. The van der Waals surface area contributed by atoms with Crippen molar-refractivity contribution in [1.29, 1.82) is 0 Å². The number of aryl methyl sites for hydroxylation is 1. The van der Waals surface area contributed by atoms with E-state index in [1.165, 1.54) is 11.1 Å². The van der Waals surface area contributed by atoms with E-state index in [1.807, 2.05) is 24.3 Å². The van der Waals surface area contributed by atoms with Gasteiger partial charge in [-0.25, -0.2) is 4.98 Å². The highest BCUT2D eigenvalue weighted by molar-refractivity contribution is 5.54. The maximum atomic E-state index is 5.56. The Morgan fingerprint density at radius 1 is 1.04 bits per heavy atom. The summed E-state index contributed by atoms with van der Waals surface area (Å²) < 4.78 is 10.7. The molecule has 0 aliphatic rings. The lowest BCUT2D eigenvalue weighted by Gasteiger charge is -2.05. The molecule has 1 heterocycles. The van der Waals surface area contributed by atoms with Crippen molar-refractivity contribution in [3.05, 3.63) is 71.6 Å². The molecule has 0 bridgehead atoms. The summed E-state index contributed by atoms with van der Waals surface area (Å²) in [4.78, 5) is 4.52. The highest BCUT2D eigenvalue weighted by atomic mass is 16.5. The summed E-state index contributed by atoms with van der Waals surface area (Å²) in [6, 6.07) is 16.0. The van der Waals surface area contributed by atoms with Crippen LogP contribution in [0.4, 0.5) is 0 Å².